The molecule has 0 aliphatic carbocycles. The second-order valence-electron chi connectivity index (χ2n) is 12.5. The minimum Gasteiger partial charge on any atom is -0.382 e. The average Bonchev–Trinajstić information content (AvgIpc) is 3.44. The SMILES string of the molecule is CCCCc1nc2c(N)nc3ccccc3c2n1CCCCNC(=O)CCC(=O)NCCCCCC(=O)NCCCCC(NC)C(C)=O. The van der Waals surface area contributed by atoms with Crippen molar-refractivity contribution in [2.75, 3.05) is 32.4 Å². The molecule has 0 saturated carbocycles. The number of fused-ring (bicyclic) bond motifs is 3. The van der Waals surface area contributed by atoms with Crippen LogP contribution >= 0.6 is 0 Å². The Hall–Kier alpha value is -4.06. The summed E-state index contributed by atoms with van der Waals surface area (Å²) >= 11 is 0. The van der Waals surface area contributed by atoms with Crippen LogP contribution in [0.1, 0.15) is 103 Å². The summed E-state index contributed by atoms with van der Waals surface area (Å²) in [5, 5.41) is 12.8. The van der Waals surface area contributed by atoms with Gasteiger partial charge in [0.25, 0.3) is 0 Å². The van der Waals surface area contributed by atoms with E-state index in [0.717, 1.165) is 105 Å². The number of aromatic nitrogens is 3. The number of likely N-dealkylation sites (N-methyl/N-ethyl adjacent to an activating group) is 1. The number of carbonyl (C=O) groups is 4. The van der Waals surface area contributed by atoms with Crippen molar-refractivity contribution in [2.45, 2.75) is 116 Å². The van der Waals surface area contributed by atoms with Crippen LogP contribution in [0.15, 0.2) is 24.3 Å². The molecular weight excluding hydrogens is 608 g/mol. The molecule has 12 nitrogen and oxygen atoms in total. The molecule has 48 heavy (non-hydrogen) atoms. The zero-order chi connectivity index (χ0) is 34.7. The lowest BCUT2D eigenvalue weighted by Gasteiger charge is -2.12. The maximum Gasteiger partial charge on any atom is 0.220 e. The quantitative estimate of drug-likeness (QED) is 0.0881. The number of pyridine rings is 1. The molecule has 0 bridgehead atoms. The van der Waals surface area contributed by atoms with E-state index in [2.05, 4.69) is 43.8 Å². The molecule has 6 N–H and O–H groups in total. The van der Waals surface area contributed by atoms with Crippen molar-refractivity contribution in [1.82, 2.24) is 35.8 Å². The summed E-state index contributed by atoms with van der Waals surface area (Å²) in [5.41, 5.74) is 8.94. The molecule has 0 radical (unpaired) electrons. The van der Waals surface area contributed by atoms with Crippen LogP contribution in [0.5, 0.6) is 0 Å². The number of nitrogens with one attached hydrogen (secondary N) is 4. The molecule has 0 spiro atoms. The van der Waals surface area contributed by atoms with Gasteiger partial charge in [0.15, 0.2) is 5.82 Å². The number of carbonyl (C=O) groups excluding carboxylic acids is 4. The summed E-state index contributed by atoms with van der Waals surface area (Å²) < 4.78 is 2.27. The minimum atomic E-state index is -0.138. The number of hydrogen-bond donors (Lipinski definition) is 5. The van der Waals surface area contributed by atoms with Gasteiger partial charge in [0.2, 0.25) is 17.7 Å². The van der Waals surface area contributed by atoms with Crippen LogP contribution in [0.3, 0.4) is 0 Å². The number of benzene rings is 1. The number of ketones is 1. The number of nitrogens with two attached hydrogens (primary N) is 1. The zero-order valence-corrected chi connectivity index (χ0v) is 29.2. The third-order valence-corrected chi connectivity index (χ3v) is 8.64. The zero-order valence-electron chi connectivity index (χ0n) is 29.2. The number of anilines is 1. The lowest BCUT2D eigenvalue weighted by atomic mass is 10.1. The van der Waals surface area contributed by atoms with Gasteiger partial charge in [-0.15, -0.1) is 0 Å². The molecule has 2 heterocycles. The van der Waals surface area contributed by atoms with Crippen LogP contribution in [-0.4, -0.2) is 70.8 Å². The second kappa shape index (κ2) is 21.0. The average molecular weight is 665 g/mol. The molecule has 0 aliphatic rings. The highest BCUT2D eigenvalue weighted by molar-refractivity contribution is 6.06. The summed E-state index contributed by atoms with van der Waals surface area (Å²) in [7, 11) is 1.79. The van der Waals surface area contributed by atoms with Crippen LogP contribution in [0.2, 0.25) is 0 Å². The fraction of sp³-hybridized carbons (Fsp3) is 0.611. The molecule has 1 aromatic carbocycles. The van der Waals surface area contributed by atoms with E-state index in [-0.39, 0.29) is 42.4 Å². The molecule has 0 fully saturated rings. The Kier molecular flexibility index (Phi) is 16.8. The summed E-state index contributed by atoms with van der Waals surface area (Å²) in [5.74, 6) is 1.37. The molecule has 12 heteroatoms. The van der Waals surface area contributed by atoms with Crippen molar-refractivity contribution >= 4 is 51.3 Å². The van der Waals surface area contributed by atoms with Gasteiger partial charge in [0.1, 0.15) is 17.1 Å². The topological polar surface area (TPSA) is 173 Å². The predicted octanol–water partition coefficient (Wildman–Crippen LogP) is 4.33. The van der Waals surface area contributed by atoms with Gasteiger partial charge in [0.05, 0.1) is 17.1 Å². The number of para-hydroxylation sites is 1. The first-order chi connectivity index (χ1) is 23.2. The van der Waals surface area contributed by atoms with Gasteiger partial charge < -0.3 is 31.6 Å². The Morgan fingerprint density at radius 2 is 1.42 bits per heavy atom. The number of nitrogen functional groups attached to an aromatic ring is 1. The summed E-state index contributed by atoms with van der Waals surface area (Å²) in [6.45, 7) is 6.22. The van der Waals surface area contributed by atoms with E-state index in [9.17, 15) is 19.2 Å². The van der Waals surface area contributed by atoms with Crippen LogP contribution in [0.4, 0.5) is 5.82 Å². The highest BCUT2D eigenvalue weighted by Crippen LogP contribution is 2.29. The maximum absolute atomic E-state index is 12.4. The number of hydrogen-bond acceptors (Lipinski definition) is 8. The molecule has 1 unspecified atom stereocenters. The van der Waals surface area contributed by atoms with Gasteiger partial charge in [0, 0.05) is 57.2 Å². The molecule has 0 aliphatic heterocycles. The van der Waals surface area contributed by atoms with Gasteiger partial charge in [-0.25, -0.2) is 9.97 Å². The molecule has 264 valence electrons. The Balaban J connectivity index is 1.25. The van der Waals surface area contributed by atoms with Gasteiger partial charge in [-0.2, -0.15) is 0 Å². The number of unbranched alkanes of at least 4 members (excludes halogenated alkanes) is 5. The highest BCUT2D eigenvalue weighted by Gasteiger charge is 2.17. The largest absolute Gasteiger partial charge is 0.382 e. The van der Waals surface area contributed by atoms with Crippen LogP contribution in [0, 0.1) is 0 Å². The molecular formula is C36H56N8O4. The summed E-state index contributed by atoms with van der Waals surface area (Å²) in [4.78, 5) is 57.4. The molecule has 3 amide bonds. The van der Waals surface area contributed by atoms with Crippen molar-refractivity contribution in [3.8, 4) is 0 Å². The van der Waals surface area contributed by atoms with Gasteiger partial charge in [-0.1, -0.05) is 38.0 Å². The van der Waals surface area contributed by atoms with Crippen LogP contribution in [0.25, 0.3) is 21.9 Å². The molecule has 0 saturated heterocycles. The Morgan fingerprint density at radius 3 is 2.06 bits per heavy atom. The second-order valence-corrected chi connectivity index (χ2v) is 12.5. The lowest BCUT2D eigenvalue weighted by molar-refractivity contribution is -0.126. The Morgan fingerprint density at radius 1 is 0.792 bits per heavy atom. The Bertz CT molecular complexity index is 1490. The first-order valence-electron chi connectivity index (χ1n) is 17.8. The number of amides is 3. The number of nitrogens with zero attached hydrogens (tertiary/aromatic N) is 3. The first-order valence-corrected chi connectivity index (χ1v) is 17.8. The first kappa shape index (κ1) is 38.4. The van der Waals surface area contributed by atoms with Crippen molar-refractivity contribution in [3.05, 3.63) is 30.1 Å². The van der Waals surface area contributed by atoms with Gasteiger partial charge in [-0.05, 0) is 71.4 Å². The third kappa shape index (κ3) is 12.5. The van der Waals surface area contributed by atoms with Crippen molar-refractivity contribution in [3.63, 3.8) is 0 Å². The molecule has 1 atom stereocenters. The van der Waals surface area contributed by atoms with E-state index < -0.39 is 0 Å². The van der Waals surface area contributed by atoms with Crippen molar-refractivity contribution in [2.24, 2.45) is 0 Å². The summed E-state index contributed by atoms with van der Waals surface area (Å²) in [6.07, 6.45) is 10.3. The van der Waals surface area contributed by atoms with E-state index in [1.165, 1.54) is 0 Å². The van der Waals surface area contributed by atoms with Gasteiger partial charge >= 0.3 is 0 Å². The normalized spacial score (nSPS) is 11.9. The molecule has 3 rings (SSSR count). The fourth-order valence-electron chi connectivity index (χ4n) is 5.85. The number of imidazole rings is 1. The monoisotopic (exact) mass is 664 g/mol. The maximum atomic E-state index is 12.4. The van der Waals surface area contributed by atoms with E-state index in [1.54, 1.807) is 14.0 Å². The minimum absolute atomic E-state index is 0.0325. The van der Waals surface area contributed by atoms with Crippen molar-refractivity contribution < 1.29 is 19.2 Å². The smallest absolute Gasteiger partial charge is 0.220 e. The molecule has 2 aromatic heterocycles. The van der Waals surface area contributed by atoms with E-state index >= 15 is 0 Å². The predicted molar refractivity (Wildman–Crippen MR) is 191 cm³/mol. The van der Waals surface area contributed by atoms with E-state index in [4.69, 9.17) is 10.7 Å². The van der Waals surface area contributed by atoms with Crippen molar-refractivity contribution in [1.29, 1.82) is 0 Å². The van der Waals surface area contributed by atoms with E-state index in [1.807, 2.05) is 18.2 Å². The summed E-state index contributed by atoms with van der Waals surface area (Å²) in [6, 6.07) is 7.89. The standard InChI is InChI=1S/C36H56N8O4/c1-4-5-18-30-43-34-35(27-15-8-9-17-29(27)42-36(34)37)44(30)25-14-13-24-41-33(48)21-20-32(47)40-22-11-6-7-19-31(46)39-23-12-10-16-28(38-3)26(2)45/h8-9,15,17,28,38H,4-7,10-14,16,18-25H2,1-3H3,(H2,37,42)(H,39,46)(H,40,47)(H,41,48). The third-order valence-electron chi connectivity index (χ3n) is 8.64. The Labute approximate surface area is 284 Å². The van der Waals surface area contributed by atoms with Crippen LogP contribution < -0.4 is 27.0 Å². The van der Waals surface area contributed by atoms with E-state index in [0.29, 0.717) is 31.9 Å². The van der Waals surface area contributed by atoms with Crippen LogP contribution in [-0.2, 0) is 32.1 Å². The number of rotatable bonds is 24. The highest BCUT2D eigenvalue weighted by atomic mass is 16.2. The van der Waals surface area contributed by atoms with Gasteiger partial charge in [-0.3, -0.25) is 19.2 Å². The number of Topliss-reactive ketones (excluding diaryl/α,β-unsaturated/α-hetero) is 1. The fourth-order valence-corrected chi connectivity index (χ4v) is 5.85. The molecule has 3 aromatic rings. The number of aryl methyl sites for hydroxylation is 2. The lowest BCUT2D eigenvalue weighted by Crippen LogP contribution is -2.32.